The third kappa shape index (κ3) is 4.80. The van der Waals surface area contributed by atoms with Crippen molar-refractivity contribution in [2.24, 2.45) is 16.5 Å². The summed E-state index contributed by atoms with van der Waals surface area (Å²) >= 11 is 1.57. The van der Waals surface area contributed by atoms with Crippen molar-refractivity contribution < 1.29 is 13.9 Å². The number of amides is 1. The first-order chi connectivity index (χ1) is 12.8. The molecule has 0 saturated carbocycles. The third-order valence-electron chi connectivity index (χ3n) is 4.51. The Bertz CT molecular complexity index is 857. The molecular weight excluding hydrogens is 365 g/mol. The number of primary amides is 1. The Morgan fingerprint density at radius 1 is 1.26 bits per heavy atom. The van der Waals surface area contributed by atoms with E-state index in [-0.39, 0.29) is 12.2 Å². The number of amidine groups is 1. The Morgan fingerprint density at radius 2 is 1.96 bits per heavy atom. The molecule has 144 valence electrons. The summed E-state index contributed by atoms with van der Waals surface area (Å²) in [4.78, 5) is 13.2. The second-order valence-corrected chi connectivity index (χ2v) is 7.45. The van der Waals surface area contributed by atoms with Crippen molar-refractivity contribution in [3.8, 4) is 16.9 Å². The summed E-state index contributed by atoms with van der Waals surface area (Å²) in [6.45, 7) is 4.01. The van der Waals surface area contributed by atoms with Crippen LogP contribution in [0.4, 0.5) is 4.39 Å². The lowest BCUT2D eigenvalue weighted by atomic mass is 9.87. The van der Waals surface area contributed by atoms with Gasteiger partial charge in [-0.1, -0.05) is 23.9 Å². The predicted molar refractivity (Wildman–Crippen MR) is 109 cm³/mol. The summed E-state index contributed by atoms with van der Waals surface area (Å²) in [5.41, 5.74) is 13.1. The van der Waals surface area contributed by atoms with Crippen LogP contribution in [0.2, 0.25) is 0 Å². The average molecular weight is 389 g/mol. The van der Waals surface area contributed by atoms with Crippen molar-refractivity contribution in [1.29, 1.82) is 0 Å². The first-order valence-electron chi connectivity index (χ1n) is 8.43. The molecule has 1 atom stereocenters. The molecule has 7 heteroatoms. The van der Waals surface area contributed by atoms with Crippen molar-refractivity contribution in [1.82, 2.24) is 0 Å². The third-order valence-corrected chi connectivity index (χ3v) is 5.30. The van der Waals surface area contributed by atoms with Gasteiger partial charge in [0, 0.05) is 11.3 Å². The van der Waals surface area contributed by atoms with Gasteiger partial charge in [-0.25, -0.2) is 4.39 Å². The van der Waals surface area contributed by atoms with Gasteiger partial charge in [0.1, 0.15) is 11.6 Å². The van der Waals surface area contributed by atoms with Crippen molar-refractivity contribution in [2.45, 2.75) is 25.8 Å². The van der Waals surface area contributed by atoms with Crippen LogP contribution in [0.15, 0.2) is 41.4 Å². The number of aryl methyl sites for hydroxylation is 1. The van der Waals surface area contributed by atoms with E-state index in [9.17, 15) is 4.39 Å². The summed E-state index contributed by atoms with van der Waals surface area (Å²) in [5.74, 6) is 1.44. The minimum atomic E-state index is -0.405. The standard InChI is InChI=1S/C19H21FN2OS.CH3NO/c1-12-10-14(23-3)5-6-15(12)16-11-13(4-7-17(16)20)19(2)8-9-24-18(21)22-19;2-1-3/h4-7,10-11H,8-9H2,1-3H3,(H2,21,22);1H,(H2,2,3). The minimum Gasteiger partial charge on any atom is -0.497 e. The highest BCUT2D eigenvalue weighted by atomic mass is 32.2. The molecule has 2 aromatic rings. The molecule has 4 N–H and O–H groups in total. The van der Waals surface area contributed by atoms with Crippen LogP contribution in [-0.2, 0) is 10.3 Å². The lowest BCUT2D eigenvalue weighted by Gasteiger charge is -2.30. The molecule has 1 unspecified atom stereocenters. The molecule has 0 aliphatic carbocycles. The molecule has 3 rings (SSSR count). The van der Waals surface area contributed by atoms with E-state index in [4.69, 9.17) is 15.3 Å². The Balaban J connectivity index is 0.000000817. The summed E-state index contributed by atoms with van der Waals surface area (Å²) < 4.78 is 19.7. The number of ether oxygens (including phenoxy) is 1. The first-order valence-corrected chi connectivity index (χ1v) is 9.41. The van der Waals surface area contributed by atoms with E-state index in [1.807, 2.05) is 37.3 Å². The van der Waals surface area contributed by atoms with E-state index in [0.717, 1.165) is 34.6 Å². The number of carbonyl (C=O) groups is 1. The van der Waals surface area contributed by atoms with Crippen LogP contribution in [-0.4, -0.2) is 24.4 Å². The largest absolute Gasteiger partial charge is 0.497 e. The number of rotatable bonds is 3. The number of thioether (sulfide) groups is 1. The molecule has 1 amide bonds. The molecule has 0 fully saturated rings. The maximum atomic E-state index is 14.5. The normalized spacial score (nSPS) is 18.7. The number of nitrogens with two attached hydrogens (primary N) is 2. The SMILES string of the molecule is COc1ccc(-c2cc(C3(C)CCSC(N)=N3)ccc2F)c(C)c1.NC=O. The fourth-order valence-corrected chi connectivity index (χ4v) is 4.00. The highest BCUT2D eigenvalue weighted by molar-refractivity contribution is 8.13. The summed E-state index contributed by atoms with van der Waals surface area (Å²) in [7, 11) is 1.62. The second kappa shape index (κ2) is 8.90. The number of hydrogen-bond donors (Lipinski definition) is 2. The van der Waals surface area contributed by atoms with Crippen LogP contribution >= 0.6 is 11.8 Å². The number of hydrogen-bond acceptors (Lipinski definition) is 5. The topological polar surface area (TPSA) is 90.7 Å². The van der Waals surface area contributed by atoms with Gasteiger partial charge < -0.3 is 16.2 Å². The fraction of sp³-hybridized carbons (Fsp3) is 0.300. The molecule has 5 nitrogen and oxygen atoms in total. The molecule has 1 aliphatic heterocycles. The Morgan fingerprint density at radius 3 is 2.56 bits per heavy atom. The minimum absolute atomic E-state index is 0.238. The zero-order chi connectivity index (χ0) is 20.0. The number of methoxy groups -OCH3 is 1. The van der Waals surface area contributed by atoms with E-state index in [0.29, 0.717) is 10.7 Å². The quantitative estimate of drug-likeness (QED) is 0.785. The molecule has 2 aromatic carbocycles. The van der Waals surface area contributed by atoms with Gasteiger partial charge in [0.25, 0.3) is 0 Å². The van der Waals surface area contributed by atoms with Crippen molar-refractivity contribution in [3.63, 3.8) is 0 Å². The van der Waals surface area contributed by atoms with Crippen LogP contribution in [0.1, 0.15) is 24.5 Å². The van der Waals surface area contributed by atoms with Gasteiger partial charge in [0.15, 0.2) is 5.17 Å². The number of benzene rings is 2. The summed E-state index contributed by atoms with van der Waals surface area (Å²) in [6, 6.07) is 10.9. The zero-order valence-electron chi connectivity index (χ0n) is 15.7. The Hall–Kier alpha value is -2.54. The van der Waals surface area contributed by atoms with Crippen LogP contribution in [0, 0.1) is 12.7 Å². The van der Waals surface area contributed by atoms with E-state index in [1.165, 1.54) is 6.07 Å². The lowest BCUT2D eigenvalue weighted by Crippen LogP contribution is -2.28. The predicted octanol–water partition coefficient (Wildman–Crippen LogP) is 3.58. The van der Waals surface area contributed by atoms with E-state index in [2.05, 4.69) is 17.6 Å². The highest BCUT2D eigenvalue weighted by Crippen LogP contribution is 2.38. The van der Waals surface area contributed by atoms with Crippen LogP contribution in [0.5, 0.6) is 5.75 Å². The average Bonchev–Trinajstić information content (AvgIpc) is 2.62. The van der Waals surface area contributed by atoms with Gasteiger partial charge in [-0.3, -0.25) is 9.79 Å². The Kier molecular flexibility index (Phi) is 6.85. The molecule has 0 spiro atoms. The smallest absolute Gasteiger partial charge is 0.204 e. The van der Waals surface area contributed by atoms with Crippen molar-refractivity contribution in [3.05, 3.63) is 53.3 Å². The molecule has 0 saturated heterocycles. The van der Waals surface area contributed by atoms with Gasteiger partial charge in [0.05, 0.1) is 12.6 Å². The number of carbonyl (C=O) groups excluding carboxylic acids is 1. The van der Waals surface area contributed by atoms with Gasteiger partial charge >= 0.3 is 0 Å². The van der Waals surface area contributed by atoms with Gasteiger partial charge in [-0.05, 0) is 61.2 Å². The Labute approximate surface area is 163 Å². The number of aliphatic imine (C=N–C) groups is 1. The highest BCUT2D eigenvalue weighted by Gasteiger charge is 2.30. The maximum Gasteiger partial charge on any atom is 0.204 e. The van der Waals surface area contributed by atoms with Crippen LogP contribution in [0.25, 0.3) is 11.1 Å². The lowest BCUT2D eigenvalue weighted by molar-refractivity contribution is -0.106. The maximum absolute atomic E-state index is 14.5. The molecule has 0 bridgehead atoms. The molecule has 27 heavy (non-hydrogen) atoms. The number of nitrogens with zero attached hydrogens (tertiary/aromatic N) is 1. The van der Waals surface area contributed by atoms with Gasteiger partial charge in [-0.15, -0.1) is 0 Å². The molecule has 1 heterocycles. The monoisotopic (exact) mass is 389 g/mol. The molecular formula is C20H24FN3O2S. The second-order valence-electron chi connectivity index (χ2n) is 6.33. The molecule has 0 aromatic heterocycles. The summed E-state index contributed by atoms with van der Waals surface area (Å²) in [6.07, 6.45) is 1.13. The van der Waals surface area contributed by atoms with Crippen molar-refractivity contribution >= 4 is 23.3 Å². The van der Waals surface area contributed by atoms with Crippen molar-refractivity contribution in [2.75, 3.05) is 12.9 Å². The van der Waals surface area contributed by atoms with E-state index >= 15 is 0 Å². The summed E-state index contributed by atoms with van der Waals surface area (Å²) in [5, 5.41) is 0.593. The zero-order valence-corrected chi connectivity index (χ0v) is 16.5. The van der Waals surface area contributed by atoms with E-state index < -0.39 is 5.54 Å². The molecule has 0 radical (unpaired) electrons. The van der Waals surface area contributed by atoms with Gasteiger partial charge in [-0.2, -0.15) is 0 Å². The number of halogens is 1. The first kappa shape index (κ1) is 20.8. The molecule has 1 aliphatic rings. The fourth-order valence-electron chi connectivity index (χ4n) is 3.03. The van der Waals surface area contributed by atoms with Crippen LogP contribution < -0.4 is 16.2 Å². The van der Waals surface area contributed by atoms with Gasteiger partial charge in [0.2, 0.25) is 6.41 Å². The van der Waals surface area contributed by atoms with Crippen LogP contribution in [0.3, 0.4) is 0 Å². The van der Waals surface area contributed by atoms with E-state index in [1.54, 1.807) is 18.9 Å².